The number of aromatic nitrogens is 15. The van der Waals surface area contributed by atoms with E-state index in [0.29, 0.717) is 35.5 Å². The Bertz CT molecular complexity index is 7080. The number of hydrogen-bond donors (Lipinski definition) is 8. The number of nitrogens with one attached hydrogen (secondary N) is 8. The highest BCUT2D eigenvalue weighted by Crippen LogP contribution is 2.54. The molecule has 7 aromatic carbocycles. The van der Waals surface area contributed by atoms with Crippen molar-refractivity contribution in [3.05, 3.63) is 248 Å². The molecule has 6 fully saturated rings. The molecule has 8 N–H and O–H groups in total. The summed E-state index contributed by atoms with van der Waals surface area (Å²) in [5, 5.41) is 32.5. The average Bonchev–Trinajstić information content (AvgIpc) is 1.55. The van der Waals surface area contributed by atoms with E-state index in [1.807, 2.05) is 79.8 Å². The number of aryl methyl sites for hydroxylation is 8. The molecular weight excluding hydrogens is 1500 g/mol. The smallest absolute Gasteiger partial charge is 0.248 e. The van der Waals surface area contributed by atoms with Gasteiger partial charge in [-0.25, -0.2) is 19.9 Å². The highest BCUT2D eigenvalue weighted by atomic mass is 16.5. The summed E-state index contributed by atoms with van der Waals surface area (Å²) in [5.41, 5.74) is 39.8. The second-order valence-corrected chi connectivity index (χ2v) is 34.3. The molecule has 0 saturated heterocycles. The van der Waals surface area contributed by atoms with E-state index >= 15 is 0 Å². The van der Waals surface area contributed by atoms with Crippen LogP contribution in [0.2, 0.25) is 0 Å². The summed E-state index contributed by atoms with van der Waals surface area (Å²) in [6.07, 6.45) is 19.7. The van der Waals surface area contributed by atoms with Crippen molar-refractivity contribution in [1.29, 1.82) is 0 Å². The van der Waals surface area contributed by atoms with Gasteiger partial charge in [-0.15, -0.1) is 0 Å². The molecule has 6 aliphatic carbocycles. The van der Waals surface area contributed by atoms with E-state index in [0.717, 1.165) is 232 Å². The Morgan fingerprint density at radius 2 is 0.775 bits per heavy atom. The third-order valence-electron chi connectivity index (χ3n) is 25.4. The van der Waals surface area contributed by atoms with Gasteiger partial charge in [0.15, 0.2) is 0 Å². The lowest BCUT2D eigenvalue weighted by atomic mass is 9.88. The maximum atomic E-state index is 11.8. The first-order chi connectivity index (χ1) is 58.4. The topological polar surface area (TPSA) is 304 Å². The van der Waals surface area contributed by atoms with E-state index in [1.165, 1.54) is 116 Å². The Hall–Kier alpha value is -13.5. The fourth-order valence-electron chi connectivity index (χ4n) is 18.5. The van der Waals surface area contributed by atoms with Crippen LogP contribution in [0.25, 0.3) is 162 Å². The van der Waals surface area contributed by atoms with Gasteiger partial charge in [0.2, 0.25) is 5.56 Å². The molecule has 0 unspecified atom stereocenters. The van der Waals surface area contributed by atoms with Gasteiger partial charge in [0.25, 0.3) is 0 Å². The van der Waals surface area contributed by atoms with Crippen LogP contribution in [0, 0.1) is 55.4 Å². The maximum Gasteiger partial charge on any atom is 0.248 e. The number of nitrogens with zero attached hydrogens (tertiary/aromatic N) is 9. The predicted octanol–water partition coefficient (Wildman–Crippen LogP) is 22.5. The Morgan fingerprint density at radius 1 is 0.375 bits per heavy atom. The number of benzene rings is 7. The van der Waals surface area contributed by atoms with Gasteiger partial charge in [0.1, 0.15) is 46.3 Å². The molecule has 0 spiro atoms. The van der Waals surface area contributed by atoms with Crippen LogP contribution in [0.5, 0.6) is 0 Å². The minimum absolute atomic E-state index is 0.106. The molecule has 120 heavy (non-hydrogen) atoms. The molecule has 0 bridgehead atoms. The van der Waals surface area contributed by atoms with Gasteiger partial charge >= 0.3 is 0 Å². The molecule has 0 radical (unpaired) electrons. The first-order valence-electron chi connectivity index (χ1n) is 42.3. The summed E-state index contributed by atoms with van der Waals surface area (Å²) in [7, 11) is 0. The highest BCUT2D eigenvalue weighted by Gasteiger charge is 2.39. The third kappa shape index (κ3) is 13.1. The number of imidazole rings is 4. The van der Waals surface area contributed by atoms with Crippen molar-refractivity contribution in [2.75, 3.05) is 6.54 Å². The normalized spacial score (nSPS) is 16.2. The van der Waals surface area contributed by atoms with E-state index < -0.39 is 0 Å². The molecule has 6 saturated carbocycles. The molecule has 0 atom stereocenters. The molecular formula is C98H91N17O5. The quantitative estimate of drug-likeness (QED) is 0.0502. The molecule has 10 aromatic heterocycles. The standard InChI is InChI=1S/C25H24N4O.C25H22N4O.C24H25N5O.C24H20N4O2/c2*1-13-18-5-4-6-19(20(18)9-10-26-13)21-11-17(23-14(2)29-30-15(23)3)12-22-24(21)28-25(27-22)16-7-8-16;1-11-19(12(2)30-29-11)16-9-17(23-18(10-16)25-24(26-23)15-7-8-15)20-21(13-3-4-13)27-28-22(20)14-5-6-14;1-12-22(13(2)30-28-12)15-10-18(23-20(11-15)26-24(27-23)14-6-7-14)16-4-3-5-19-17(16)8-9-21(29)25-19/h4-6,11-12,16,26H,1,7-10H2,2-3H3,(H,27,28);4-6,9-12,16,26H,1,7-8H2,2-3H3,(H,27,28);9-10,13-15H,3-8H2,1-2H3,(H,25,26)(H,27,28);3-5,8-11,14H,6-7H2,1-2H3,(H,25,29)(H,26,27). The molecule has 598 valence electrons. The SMILES string of the molecule is C=C1NC=Cc2c1cccc2-c1cc(-c2c(C)noc2C)cc2[nH]c(C3CC3)nc12.C=C1NCCc2c1cccc2-c1cc(-c2c(C)noc2C)cc2[nH]c(C3CC3)nc12.Cc1noc(C)c1-c1cc(-c2c(C3CC3)n[nH]c2C2CC2)c2nc(C3CC3)[nH]c2c1.Cc1noc(C)c1-c1cc(-c2cccc3[nH]c(=O)ccc23)c2nc(C3CC3)[nH]c2c1. The van der Waals surface area contributed by atoms with Gasteiger partial charge in [-0.2, -0.15) is 5.10 Å². The summed E-state index contributed by atoms with van der Waals surface area (Å²) in [6, 6.07) is 39.9. The van der Waals surface area contributed by atoms with Gasteiger partial charge in [-0.3, -0.25) is 9.89 Å². The van der Waals surface area contributed by atoms with Crippen LogP contribution in [0.3, 0.4) is 0 Å². The maximum absolute atomic E-state index is 11.8. The molecule has 12 heterocycles. The van der Waals surface area contributed by atoms with Crippen LogP contribution in [-0.4, -0.2) is 82.2 Å². The summed E-state index contributed by atoms with van der Waals surface area (Å²) < 4.78 is 21.9. The molecule has 25 rings (SSSR count). The second kappa shape index (κ2) is 28.4. The minimum Gasteiger partial charge on any atom is -0.385 e. The summed E-state index contributed by atoms with van der Waals surface area (Å²) >= 11 is 0. The zero-order valence-electron chi connectivity index (χ0n) is 68.5. The number of fused-ring (bicyclic) bond motifs is 7. The second-order valence-electron chi connectivity index (χ2n) is 34.3. The molecule has 17 aromatic rings. The van der Waals surface area contributed by atoms with E-state index in [9.17, 15) is 4.79 Å². The van der Waals surface area contributed by atoms with E-state index in [-0.39, 0.29) is 5.56 Å². The van der Waals surface area contributed by atoms with Crippen LogP contribution in [-0.2, 0) is 6.42 Å². The largest absolute Gasteiger partial charge is 0.385 e. The fraction of sp³-hybridized carbons (Fsp3) is 0.286. The van der Waals surface area contributed by atoms with Crippen molar-refractivity contribution < 1.29 is 18.1 Å². The van der Waals surface area contributed by atoms with Crippen LogP contribution in [0.15, 0.2) is 158 Å². The van der Waals surface area contributed by atoms with Crippen LogP contribution >= 0.6 is 0 Å². The number of aromatic amines is 6. The Balaban J connectivity index is 0.0000000960. The Labute approximate surface area is 690 Å². The van der Waals surface area contributed by atoms with Crippen molar-refractivity contribution in [2.24, 2.45) is 0 Å². The van der Waals surface area contributed by atoms with Crippen molar-refractivity contribution in [3.63, 3.8) is 0 Å². The lowest BCUT2D eigenvalue weighted by Gasteiger charge is -2.23. The molecule has 22 nitrogen and oxygen atoms in total. The summed E-state index contributed by atoms with van der Waals surface area (Å²) in [5.74, 6) is 11.1. The van der Waals surface area contributed by atoms with Crippen molar-refractivity contribution in [1.82, 2.24) is 86.3 Å². The number of hydrogen-bond acceptors (Lipinski definition) is 16. The zero-order chi connectivity index (χ0) is 81.2. The number of rotatable bonds is 14. The summed E-state index contributed by atoms with van der Waals surface area (Å²) in [6.45, 7) is 25.1. The summed E-state index contributed by atoms with van der Waals surface area (Å²) in [4.78, 5) is 49.3. The zero-order valence-corrected chi connectivity index (χ0v) is 68.5. The van der Waals surface area contributed by atoms with Gasteiger partial charge in [0, 0.05) is 144 Å². The van der Waals surface area contributed by atoms with Gasteiger partial charge in [0.05, 0.1) is 72.6 Å². The fourth-order valence-corrected chi connectivity index (χ4v) is 18.5. The third-order valence-corrected chi connectivity index (χ3v) is 25.4. The van der Waals surface area contributed by atoms with Crippen LogP contribution in [0.4, 0.5) is 0 Å². The lowest BCUT2D eigenvalue weighted by Crippen LogP contribution is -2.22. The lowest BCUT2D eigenvalue weighted by molar-refractivity contribution is 0.393. The average molecular weight is 1590 g/mol. The van der Waals surface area contributed by atoms with E-state index in [1.54, 1.807) is 6.07 Å². The first-order valence-corrected chi connectivity index (χ1v) is 42.3. The number of H-pyrrole nitrogens is 6. The predicted molar refractivity (Wildman–Crippen MR) is 470 cm³/mol. The first kappa shape index (κ1) is 72.9. The van der Waals surface area contributed by atoms with E-state index in [4.69, 9.17) is 43.1 Å². The Morgan fingerprint density at radius 3 is 1.23 bits per heavy atom. The minimum atomic E-state index is -0.106. The van der Waals surface area contributed by atoms with Gasteiger partial charge < -0.3 is 53.6 Å². The van der Waals surface area contributed by atoms with Crippen LogP contribution in [0.1, 0.15) is 215 Å². The number of pyridine rings is 1. The molecule has 22 heteroatoms. The van der Waals surface area contributed by atoms with Crippen molar-refractivity contribution >= 4 is 72.5 Å². The van der Waals surface area contributed by atoms with Gasteiger partial charge in [-0.05, 0) is 256 Å². The highest BCUT2D eigenvalue weighted by molar-refractivity contribution is 6.06. The molecule has 2 aliphatic heterocycles. The van der Waals surface area contributed by atoms with E-state index in [2.05, 4.69) is 172 Å². The monoisotopic (exact) mass is 1590 g/mol. The van der Waals surface area contributed by atoms with Crippen molar-refractivity contribution in [2.45, 2.75) is 174 Å². The van der Waals surface area contributed by atoms with Crippen molar-refractivity contribution in [3.8, 4) is 89.0 Å². The van der Waals surface area contributed by atoms with Crippen LogP contribution < -0.4 is 16.2 Å². The molecule has 0 amide bonds. The molecule has 8 aliphatic rings. The Kier molecular flexibility index (Phi) is 17.2. The van der Waals surface area contributed by atoms with Gasteiger partial charge in [-0.1, -0.05) is 82.3 Å².